The molecule has 0 saturated carbocycles. The molecule has 0 spiro atoms. The zero-order valence-electron chi connectivity index (χ0n) is 30.7. The van der Waals surface area contributed by atoms with Gasteiger partial charge in [-0.3, -0.25) is 4.79 Å². The van der Waals surface area contributed by atoms with Crippen LogP contribution in [0.5, 0.6) is 0 Å². The molecule has 3 aromatic rings. The first kappa shape index (κ1) is 37.2. The number of thiazole rings is 1. The molecule has 0 bridgehead atoms. The van der Waals surface area contributed by atoms with Gasteiger partial charge < -0.3 is 4.90 Å². The summed E-state index contributed by atoms with van der Waals surface area (Å²) < 4.78 is 1.27. The van der Waals surface area contributed by atoms with Gasteiger partial charge in [0.1, 0.15) is 28.0 Å². The molecule has 0 fully saturated rings. The van der Waals surface area contributed by atoms with Gasteiger partial charge in [-0.15, -0.1) is 5.10 Å². The lowest BCUT2D eigenvalue weighted by Gasteiger charge is -2.30. The Balaban J connectivity index is 1.92. The molecule has 1 aliphatic heterocycles. The highest BCUT2D eigenvalue weighted by Crippen LogP contribution is 2.42. The molecule has 0 amide bonds. The minimum Gasteiger partial charge on any atom is -0.347 e. The van der Waals surface area contributed by atoms with E-state index in [0.717, 1.165) is 53.7 Å². The third kappa shape index (κ3) is 8.31. The van der Waals surface area contributed by atoms with Crippen LogP contribution in [0.3, 0.4) is 0 Å². The second kappa shape index (κ2) is 16.6. The molecule has 258 valence electrons. The van der Waals surface area contributed by atoms with Crippen LogP contribution in [0.1, 0.15) is 135 Å². The first-order valence-electron chi connectivity index (χ1n) is 18.1. The topological polar surface area (TPSA) is 100 Å². The van der Waals surface area contributed by atoms with Crippen LogP contribution in [0.25, 0.3) is 11.3 Å². The molecule has 3 heterocycles. The summed E-state index contributed by atoms with van der Waals surface area (Å²) >= 11 is 1.60. The number of nitriles is 1. The van der Waals surface area contributed by atoms with Gasteiger partial charge in [-0.05, 0) is 44.9 Å². The van der Waals surface area contributed by atoms with Crippen molar-refractivity contribution >= 4 is 33.1 Å². The lowest BCUT2D eigenvalue weighted by atomic mass is 9.89. The number of nitrogens with zero attached hydrogens (tertiary/aromatic N) is 7. The zero-order valence-corrected chi connectivity index (χ0v) is 31.5. The molecule has 9 heteroatoms. The normalized spacial score (nSPS) is 15.5. The Bertz CT molecular complexity index is 1640. The van der Waals surface area contributed by atoms with E-state index in [4.69, 9.17) is 15.0 Å². The predicted octanol–water partition coefficient (Wildman–Crippen LogP) is 10.3. The van der Waals surface area contributed by atoms with Gasteiger partial charge >= 0.3 is 0 Å². The minimum absolute atomic E-state index is 0.0404. The number of aromatic nitrogens is 4. The highest BCUT2D eigenvalue weighted by molar-refractivity contribution is 7.19. The van der Waals surface area contributed by atoms with Crippen molar-refractivity contribution in [3.63, 3.8) is 0 Å². The number of benzene rings is 1. The van der Waals surface area contributed by atoms with E-state index in [9.17, 15) is 10.1 Å². The summed E-state index contributed by atoms with van der Waals surface area (Å²) in [5.41, 5.74) is 3.67. The molecule has 1 aliphatic rings. The van der Waals surface area contributed by atoms with Gasteiger partial charge in [0.2, 0.25) is 0 Å². The summed E-state index contributed by atoms with van der Waals surface area (Å²) in [5.74, 6) is 1.66. The Labute approximate surface area is 292 Å². The van der Waals surface area contributed by atoms with Crippen molar-refractivity contribution < 1.29 is 4.79 Å². The molecule has 8 nitrogen and oxygen atoms in total. The largest absolute Gasteiger partial charge is 0.347 e. The third-order valence-corrected chi connectivity index (χ3v) is 11.0. The number of anilines is 1. The fourth-order valence-corrected chi connectivity index (χ4v) is 7.06. The second-order valence-corrected chi connectivity index (χ2v) is 15.0. The zero-order chi connectivity index (χ0) is 35.0. The van der Waals surface area contributed by atoms with Gasteiger partial charge in [0.25, 0.3) is 5.91 Å². The van der Waals surface area contributed by atoms with E-state index in [2.05, 4.69) is 95.7 Å². The predicted molar refractivity (Wildman–Crippen MR) is 200 cm³/mol. The van der Waals surface area contributed by atoms with E-state index in [1.807, 2.05) is 0 Å². The minimum atomic E-state index is -0.458. The maximum atomic E-state index is 13.4. The van der Waals surface area contributed by atoms with Crippen molar-refractivity contribution in [3.8, 4) is 17.3 Å². The van der Waals surface area contributed by atoms with Crippen LogP contribution >= 0.6 is 11.3 Å². The van der Waals surface area contributed by atoms with Crippen LogP contribution in [0, 0.1) is 30.1 Å². The molecule has 0 radical (unpaired) electrons. The molecule has 2 aromatic heterocycles. The summed E-state index contributed by atoms with van der Waals surface area (Å²) in [4.78, 5) is 31.4. The maximum Gasteiger partial charge on any atom is 0.291 e. The Morgan fingerprint density at radius 1 is 0.958 bits per heavy atom. The summed E-state index contributed by atoms with van der Waals surface area (Å²) in [5, 5.41) is 16.4. The van der Waals surface area contributed by atoms with E-state index >= 15 is 0 Å². The first-order chi connectivity index (χ1) is 23.0. The number of hydrogen-bond acceptors (Lipinski definition) is 8. The van der Waals surface area contributed by atoms with Crippen LogP contribution < -0.4 is 4.90 Å². The lowest BCUT2D eigenvalue weighted by Crippen LogP contribution is -2.34. The van der Waals surface area contributed by atoms with Crippen LogP contribution in [0.2, 0.25) is 0 Å². The molecule has 2 unspecified atom stereocenters. The van der Waals surface area contributed by atoms with E-state index in [1.165, 1.54) is 48.8 Å². The number of aryl methyl sites for hydroxylation is 1. The summed E-state index contributed by atoms with van der Waals surface area (Å²) in [6.07, 6.45) is 10.3. The van der Waals surface area contributed by atoms with Crippen molar-refractivity contribution in [2.24, 2.45) is 16.8 Å². The third-order valence-electron chi connectivity index (χ3n) is 10.0. The van der Waals surface area contributed by atoms with Crippen LogP contribution in [-0.2, 0) is 5.41 Å². The molecule has 1 aromatic carbocycles. The van der Waals surface area contributed by atoms with Crippen LogP contribution in [0.15, 0.2) is 40.4 Å². The summed E-state index contributed by atoms with van der Waals surface area (Å²) in [6, 6.07) is 10.5. The molecular weight excluding hydrogens is 615 g/mol. The van der Waals surface area contributed by atoms with Crippen LogP contribution in [0.4, 0.5) is 10.1 Å². The van der Waals surface area contributed by atoms with Gasteiger partial charge in [0.15, 0.2) is 16.8 Å². The van der Waals surface area contributed by atoms with E-state index in [-0.39, 0.29) is 11.0 Å². The highest BCUT2D eigenvalue weighted by Gasteiger charge is 2.35. The highest BCUT2D eigenvalue weighted by atomic mass is 32.1. The summed E-state index contributed by atoms with van der Waals surface area (Å²) in [6.45, 7) is 21.2. The van der Waals surface area contributed by atoms with E-state index in [1.54, 1.807) is 18.3 Å². The molecule has 48 heavy (non-hydrogen) atoms. The van der Waals surface area contributed by atoms with Gasteiger partial charge in [0.05, 0.1) is 0 Å². The Hall–Kier alpha value is -3.64. The lowest BCUT2D eigenvalue weighted by molar-refractivity contribution is 0.0941. The molecule has 4 rings (SSSR count). The quantitative estimate of drug-likeness (QED) is 0.142. The molecular formula is C39H55N7OS. The van der Waals surface area contributed by atoms with Gasteiger partial charge in [-0.1, -0.05) is 128 Å². The number of rotatable bonds is 17. The molecule has 0 saturated heterocycles. The number of aliphatic imine (C=N–C) groups is 1. The SMILES string of the molecule is CCCCC(CC)CN(CC(CC)CCCC)c1nc(-c2ccc(C)cc2)c(/N=C2/C(C)=C(C#N)C(=O)n3nc(C(C)(C)CC)nc32)s1. The molecule has 2 atom stereocenters. The van der Waals surface area contributed by atoms with Gasteiger partial charge in [-0.2, -0.15) is 9.94 Å². The van der Waals surface area contributed by atoms with Crippen molar-refractivity contribution in [2.45, 2.75) is 126 Å². The summed E-state index contributed by atoms with van der Waals surface area (Å²) in [7, 11) is 0. The van der Waals surface area contributed by atoms with Crippen molar-refractivity contribution in [2.75, 3.05) is 18.0 Å². The average molecular weight is 670 g/mol. The Morgan fingerprint density at radius 3 is 2.08 bits per heavy atom. The van der Waals surface area contributed by atoms with Gasteiger partial charge in [-0.25, -0.2) is 15.0 Å². The number of unbranched alkanes of at least 4 members (excludes halogenated alkanes) is 2. The monoisotopic (exact) mass is 669 g/mol. The van der Waals surface area contributed by atoms with Crippen molar-refractivity contribution in [1.82, 2.24) is 19.7 Å². The van der Waals surface area contributed by atoms with Crippen LogP contribution in [-0.4, -0.2) is 44.5 Å². The number of fused-ring (bicyclic) bond motifs is 1. The standard InChI is InChI=1S/C39H55N7OS/c1-10-15-17-28(12-3)24-45(25-29(13-4)18-16-11-2)38-42-33(30-21-19-26(6)20-22-30)35(48-38)41-32-27(7)31(23-40)36(47)46-34(32)43-37(44-46)39(8,9)14-5/h19-22,28-29H,10-18,24-25H2,1-9H3/b41-32-. The number of carbonyl (C=O) groups is 1. The van der Waals surface area contributed by atoms with Crippen molar-refractivity contribution in [1.29, 1.82) is 5.26 Å². The smallest absolute Gasteiger partial charge is 0.291 e. The average Bonchev–Trinajstić information content (AvgIpc) is 3.73. The van der Waals surface area contributed by atoms with Gasteiger partial charge in [0, 0.05) is 29.6 Å². The number of allylic oxidation sites excluding steroid dienone is 2. The van der Waals surface area contributed by atoms with Crippen molar-refractivity contribution in [3.05, 3.63) is 52.6 Å². The molecule has 0 aliphatic carbocycles. The second-order valence-electron chi connectivity index (χ2n) is 14.0. The van der Waals surface area contributed by atoms with E-state index in [0.29, 0.717) is 34.8 Å². The number of carbonyl (C=O) groups excluding carboxylic acids is 1. The number of hydrogen-bond donors (Lipinski definition) is 0. The Kier molecular flexibility index (Phi) is 12.9. The van der Waals surface area contributed by atoms with E-state index < -0.39 is 5.91 Å². The fraction of sp³-hybridized carbons (Fsp3) is 0.590. The Morgan fingerprint density at radius 2 is 1.56 bits per heavy atom. The fourth-order valence-electron chi connectivity index (χ4n) is 6.07. The maximum absolute atomic E-state index is 13.4. The molecule has 0 N–H and O–H groups in total. The first-order valence-corrected chi connectivity index (χ1v) is 18.9.